The van der Waals surface area contributed by atoms with Crippen molar-refractivity contribution in [1.82, 2.24) is 10.2 Å². The second-order valence-electron chi connectivity index (χ2n) is 7.27. The van der Waals surface area contributed by atoms with Crippen molar-refractivity contribution in [2.75, 3.05) is 39.4 Å². The molecule has 0 spiro atoms. The number of benzene rings is 1. The standard InChI is InChI=1S/C20H32N2O3/c1-3-24-19-11-17-10-15(2)25-20(17)12-18(19)14-21-13-16-4-6-22(7-5-16)8-9-23/h11-12,15-16,21,23H,3-10,13-14H2,1-2H3/t15-/m1/s1. The van der Waals surface area contributed by atoms with Crippen molar-refractivity contribution < 1.29 is 14.6 Å². The molecule has 1 saturated heterocycles. The van der Waals surface area contributed by atoms with Gasteiger partial charge in [0.15, 0.2) is 0 Å². The summed E-state index contributed by atoms with van der Waals surface area (Å²) in [5.74, 6) is 2.73. The number of piperidine rings is 1. The third kappa shape index (κ3) is 4.87. The van der Waals surface area contributed by atoms with Gasteiger partial charge in [0.2, 0.25) is 0 Å². The lowest BCUT2D eigenvalue weighted by atomic mass is 9.96. The Morgan fingerprint density at radius 2 is 2.12 bits per heavy atom. The van der Waals surface area contributed by atoms with Crippen LogP contribution in [-0.2, 0) is 13.0 Å². The summed E-state index contributed by atoms with van der Waals surface area (Å²) in [5, 5.41) is 12.6. The first-order valence-electron chi connectivity index (χ1n) is 9.68. The lowest BCUT2D eigenvalue weighted by Gasteiger charge is -2.31. The van der Waals surface area contributed by atoms with Gasteiger partial charge in [-0.2, -0.15) is 0 Å². The first kappa shape index (κ1) is 18.5. The van der Waals surface area contributed by atoms with Crippen LogP contribution in [-0.4, -0.2) is 55.5 Å². The predicted octanol–water partition coefficient (Wildman–Crippen LogP) is 2.20. The Kier molecular flexibility index (Phi) is 6.57. The normalized spacial score (nSPS) is 21.2. The average Bonchev–Trinajstić information content (AvgIpc) is 2.96. The number of ether oxygens (including phenoxy) is 2. The number of β-amino-alcohol motifs (C(OH)–C–C–N with tert-alkyl or cyclic N) is 1. The molecule has 0 amide bonds. The molecule has 0 saturated carbocycles. The van der Waals surface area contributed by atoms with Gasteiger partial charge in [-0.05, 0) is 64.4 Å². The summed E-state index contributed by atoms with van der Waals surface area (Å²) in [6, 6.07) is 4.31. The zero-order valence-electron chi connectivity index (χ0n) is 15.6. The Labute approximate surface area is 151 Å². The van der Waals surface area contributed by atoms with Crippen LogP contribution in [0.4, 0.5) is 0 Å². The van der Waals surface area contributed by atoms with Crippen molar-refractivity contribution in [1.29, 1.82) is 0 Å². The fourth-order valence-corrected chi connectivity index (χ4v) is 3.88. The van der Waals surface area contributed by atoms with Gasteiger partial charge in [0, 0.05) is 30.6 Å². The van der Waals surface area contributed by atoms with E-state index >= 15 is 0 Å². The summed E-state index contributed by atoms with van der Waals surface area (Å²) in [7, 11) is 0. The van der Waals surface area contributed by atoms with E-state index in [1.54, 1.807) is 0 Å². The minimum atomic E-state index is 0.261. The van der Waals surface area contributed by atoms with Gasteiger partial charge in [-0.15, -0.1) is 0 Å². The molecule has 3 rings (SSSR count). The quantitative estimate of drug-likeness (QED) is 0.754. The van der Waals surface area contributed by atoms with E-state index in [2.05, 4.69) is 29.3 Å². The van der Waals surface area contributed by atoms with Crippen molar-refractivity contribution in [3.05, 3.63) is 23.3 Å². The van der Waals surface area contributed by atoms with Crippen LogP contribution < -0.4 is 14.8 Å². The van der Waals surface area contributed by atoms with Crippen LogP contribution in [0.2, 0.25) is 0 Å². The molecule has 2 aliphatic rings. The molecule has 0 bridgehead atoms. The molecule has 0 radical (unpaired) electrons. The first-order chi connectivity index (χ1) is 12.2. The number of likely N-dealkylation sites (tertiary alicyclic amines) is 1. The largest absolute Gasteiger partial charge is 0.494 e. The van der Waals surface area contributed by atoms with E-state index in [9.17, 15) is 0 Å². The van der Waals surface area contributed by atoms with Crippen molar-refractivity contribution in [2.45, 2.75) is 45.8 Å². The first-order valence-corrected chi connectivity index (χ1v) is 9.68. The molecule has 25 heavy (non-hydrogen) atoms. The van der Waals surface area contributed by atoms with Gasteiger partial charge < -0.3 is 24.8 Å². The zero-order chi connectivity index (χ0) is 17.6. The third-order valence-corrected chi connectivity index (χ3v) is 5.25. The van der Waals surface area contributed by atoms with E-state index in [-0.39, 0.29) is 12.7 Å². The van der Waals surface area contributed by atoms with Gasteiger partial charge in [-0.1, -0.05) is 0 Å². The molecule has 1 fully saturated rings. The number of aliphatic hydroxyl groups excluding tert-OH is 1. The highest BCUT2D eigenvalue weighted by molar-refractivity contribution is 5.48. The summed E-state index contributed by atoms with van der Waals surface area (Å²) >= 11 is 0. The maximum atomic E-state index is 9.03. The third-order valence-electron chi connectivity index (χ3n) is 5.25. The van der Waals surface area contributed by atoms with Crippen LogP contribution in [0, 0.1) is 5.92 Å². The van der Waals surface area contributed by atoms with Crippen LogP contribution in [0.25, 0.3) is 0 Å². The van der Waals surface area contributed by atoms with E-state index in [4.69, 9.17) is 14.6 Å². The zero-order valence-corrected chi connectivity index (χ0v) is 15.6. The SMILES string of the molecule is CCOc1cc2c(cc1CNCC1CCN(CCO)CC1)O[C@H](C)C2. The van der Waals surface area contributed by atoms with E-state index in [0.717, 1.165) is 56.6 Å². The highest BCUT2D eigenvalue weighted by atomic mass is 16.5. The molecule has 0 aliphatic carbocycles. The Balaban J connectivity index is 1.52. The molecule has 0 unspecified atom stereocenters. The second-order valence-corrected chi connectivity index (χ2v) is 7.27. The molecule has 5 nitrogen and oxygen atoms in total. The summed E-state index contributed by atoms with van der Waals surface area (Å²) in [6.45, 7) is 9.96. The predicted molar refractivity (Wildman–Crippen MR) is 99.4 cm³/mol. The highest BCUT2D eigenvalue weighted by Crippen LogP contribution is 2.35. The van der Waals surface area contributed by atoms with Crippen LogP contribution in [0.15, 0.2) is 12.1 Å². The van der Waals surface area contributed by atoms with Crippen molar-refractivity contribution >= 4 is 0 Å². The molecular formula is C20H32N2O3. The molecule has 0 aromatic heterocycles. The summed E-state index contributed by atoms with van der Waals surface area (Å²) in [5.41, 5.74) is 2.45. The van der Waals surface area contributed by atoms with Crippen LogP contribution >= 0.6 is 0 Å². The highest BCUT2D eigenvalue weighted by Gasteiger charge is 2.22. The molecule has 1 aromatic rings. The summed E-state index contributed by atoms with van der Waals surface area (Å²) < 4.78 is 11.8. The molecule has 1 atom stereocenters. The van der Waals surface area contributed by atoms with Gasteiger partial charge in [0.05, 0.1) is 13.2 Å². The number of hydrogen-bond donors (Lipinski definition) is 2. The van der Waals surface area contributed by atoms with Gasteiger partial charge in [-0.25, -0.2) is 0 Å². The molecular weight excluding hydrogens is 316 g/mol. The second kappa shape index (κ2) is 8.88. The molecule has 140 valence electrons. The molecule has 2 aliphatic heterocycles. The number of aliphatic hydroxyl groups is 1. The average molecular weight is 348 g/mol. The summed E-state index contributed by atoms with van der Waals surface area (Å²) in [4.78, 5) is 2.35. The number of fused-ring (bicyclic) bond motifs is 1. The van der Waals surface area contributed by atoms with Crippen molar-refractivity contribution in [2.24, 2.45) is 5.92 Å². The fourth-order valence-electron chi connectivity index (χ4n) is 3.88. The maximum absolute atomic E-state index is 9.03. The van der Waals surface area contributed by atoms with E-state index in [1.165, 1.54) is 24.0 Å². The van der Waals surface area contributed by atoms with E-state index in [0.29, 0.717) is 6.61 Å². The topological polar surface area (TPSA) is 54.0 Å². The van der Waals surface area contributed by atoms with Gasteiger partial charge in [-0.3, -0.25) is 0 Å². The summed E-state index contributed by atoms with van der Waals surface area (Å²) in [6.07, 6.45) is 3.64. The van der Waals surface area contributed by atoms with Crippen LogP contribution in [0.3, 0.4) is 0 Å². The fraction of sp³-hybridized carbons (Fsp3) is 0.700. The lowest BCUT2D eigenvalue weighted by Crippen LogP contribution is -2.38. The number of nitrogens with zero attached hydrogens (tertiary/aromatic N) is 1. The molecule has 1 aromatic carbocycles. The van der Waals surface area contributed by atoms with Crippen molar-refractivity contribution in [3.8, 4) is 11.5 Å². The molecule has 2 heterocycles. The van der Waals surface area contributed by atoms with Crippen molar-refractivity contribution in [3.63, 3.8) is 0 Å². The van der Waals surface area contributed by atoms with Crippen LogP contribution in [0.5, 0.6) is 11.5 Å². The Bertz CT molecular complexity index is 556. The Morgan fingerprint density at radius 1 is 1.32 bits per heavy atom. The van der Waals surface area contributed by atoms with E-state index < -0.39 is 0 Å². The lowest BCUT2D eigenvalue weighted by molar-refractivity contribution is 0.146. The molecule has 5 heteroatoms. The van der Waals surface area contributed by atoms with Gasteiger partial charge in [0.25, 0.3) is 0 Å². The van der Waals surface area contributed by atoms with Gasteiger partial charge >= 0.3 is 0 Å². The van der Waals surface area contributed by atoms with E-state index in [1.807, 2.05) is 6.92 Å². The maximum Gasteiger partial charge on any atom is 0.124 e. The minimum Gasteiger partial charge on any atom is -0.494 e. The number of nitrogens with one attached hydrogen (secondary N) is 1. The molecule has 2 N–H and O–H groups in total. The Morgan fingerprint density at radius 3 is 2.84 bits per heavy atom. The smallest absolute Gasteiger partial charge is 0.124 e. The van der Waals surface area contributed by atoms with Gasteiger partial charge in [0.1, 0.15) is 17.6 Å². The van der Waals surface area contributed by atoms with Crippen LogP contribution in [0.1, 0.15) is 37.8 Å². The number of rotatable bonds is 8. The minimum absolute atomic E-state index is 0.261. The number of hydrogen-bond acceptors (Lipinski definition) is 5. The monoisotopic (exact) mass is 348 g/mol. The Hall–Kier alpha value is -1.30.